The van der Waals surface area contributed by atoms with Crippen LogP contribution >= 0.6 is 0 Å². The third-order valence-corrected chi connectivity index (χ3v) is 4.03. The second kappa shape index (κ2) is 5.10. The van der Waals surface area contributed by atoms with E-state index in [2.05, 4.69) is 10.5 Å². The summed E-state index contributed by atoms with van der Waals surface area (Å²) in [5.74, 6) is 0.0314. The maximum absolute atomic E-state index is 12.8. The van der Waals surface area contributed by atoms with Crippen LogP contribution < -0.4 is 5.43 Å². The summed E-state index contributed by atoms with van der Waals surface area (Å²) < 4.78 is 0. The summed E-state index contributed by atoms with van der Waals surface area (Å²) in [4.78, 5) is 27.0. The molecule has 2 aliphatic heterocycles. The number of amides is 2. The van der Waals surface area contributed by atoms with E-state index in [1.807, 2.05) is 30.3 Å². The average Bonchev–Trinajstić information content (AvgIpc) is 2.97. The monoisotopic (exact) mass is 301 g/mol. The van der Waals surface area contributed by atoms with Gasteiger partial charge in [0.25, 0.3) is 11.8 Å². The van der Waals surface area contributed by atoms with Crippen LogP contribution in [0.4, 0.5) is 0 Å². The molecule has 0 spiro atoms. The van der Waals surface area contributed by atoms with Gasteiger partial charge in [-0.25, -0.2) is 10.4 Å². The summed E-state index contributed by atoms with van der Waals surface area (Å²) in [6.07, 6.45) is 0.416. The normalized spacial score (nSPS) is 24.1. The molecule has 0 bridgehead atoms. The lowest BCUT2D eigenvalue weighted by molar-refractivity contribution is -0.155. The Morgan fingerprint density at radius 2 is 2.00 bits per heavy atom. The number of nitrogens with one attached hydrogen (secondary N) is 1. The Morgan fingerprint density at radius 1 is 1.32 bits per heavy atom. The SMILES string of the molecule is CN(C)C(=O)C12CCNN1C(c1ccccc1)=NN(C)C2=O. The third kappa shape index (κ3) is 1.89. The highest BCUT2D eigenvalue weighted by molar-refractivity contribution is 6.16. The highest BCUT2D eigenvalue weighted by Crippen LogP contribution is 2.32. The van der Waals surface area contributed by atoms with Crippen molar-refractivity contribution in [1.82, 2.24) is 20.3 Å². The van der Waals surface area contributed by atoms with Crippen molar-refractivity contribution in [2.75, 3.05) is 27.7 Å². The van der Waals surface area contributed by atoms with Crippen LogP contribution in [0.15, 0.2) is 35.4 Å². The van der Waals surface area contributed by atoms with Crippen LogP contribution in [0.3, 0.4) is 0 Å². The van der Waals surface area contributed by atoms with Crippen molar-refractivity contribution in [1.29, 1.82) is 0 Å². The van der Waals surface area contributed by atoms with Gasteiger partial charge in [0, 0.05) is 39.7 Å². The van der Waals surface area contributed by atoms with E-state index >= 15 is 0 Å². The Balaban J connectivity index is 2.14. The van der Waals surface area contributed by atoms with Gasteiger partial charge in [-0.2, -0.15) is 5.10 Å². The number of carbonyl (C=O) groups is 2. The van der Waals surface area contributed by atoms with Gasteiger partial charge in [0.15, 0.2) is 5.84 Å². The van der Waals surface area contributed by atoms with Crippen molar-refractivity contribution in [3.63, 3.8) is 0 Å². The largest absolute Gasteiger partial charge is 0.346 e. The summed E-state index contributed by atoms with van der Waals surface area (Å²) >= 11 is 0. The Kier molecular flexibility index (Phi) is 3.37. The molecule has 0 radical (unpaired) electrons. The molecule has 1 aromatic rings. The van der Waals surface area contributed by atoms with Gasteiger partial charge in [-0.05, 0) is 0 Å². The minimum absolute atomic E-state index is 0.238. The van der Waals surface area contributed by atoms with Crippen molar-refractivity contribution >= 4 is 17.6 Å². The van der Waals surface area contributed by atoms with E-state index in [4.69, 9.17) is 0 Å². The van der Waals surface area contributed by atoms with E-state index in [9.17, 15) is 9.59 Å². The summed E-state index contributed by atoms with van der Waals surface area (Å²) in [7, 11) is 4.91. The van der Waals surface area contributed by atoms with Crippen LogP contribution in [0.2, 0.25) is 0 Å². The zero-order chi connectivity index (χ0) is 15.9. The second-order valence-electron chi connectivity index (χ2n) is 5.67. The van der Waals surface area contributed by atoms with Crippen LogP contribution in [-0.2, 0) is 9.59 Å². The second-order valence-corrected chi connectivity index (χ2v) is 5.67. The molecule has 2 aliphatic rings. The zero-order valence-electron chi connectivity index (χ0n) is 12.9. The Bertz CT molecular complexity index is 643. The van der Waals surface area contributed by atoms with Gasteiger partial charge >= 0.3 is 0 Å². The average molecular weight is 301 g/mol. The molecule has 2 heterocycles. The quantitative estimate of drug-likeness (QED) is 0.772. The number of benzene rings is 1. The number of hydrazine groups is 1. The maximum Gasteiger partial charge on any atom is 0.279 e. The smallest absolute Gasteiger partial charge is 0.279 e. The minimum Gasteiger partial charge on any atom is -0.346 e. The molecule has 2 amide bonds. The van der Waals surface area contributed by atoms with Gasteiger partial charge in [0.1, 0.15) is 0 Å². The number of hydrogen-bond donors (Lipinski definition) is 1. The van der Waals surface area contributed by atoms with Crippen molar-refractivity contribution < 1.29 is 9.59 Å². The number of hydrogen-bond acceptors (Lipinski definition) is 5. The predicted octanol–water partition coefficient (Wildman–Crippen LogP) is -0.142. The molecule has 0 aliphatic carbocycles. The van der Waals surface area contributed by atoms with Crippen LogP contribution in [0.25, 0.3) is 0 Å². The highest BCUT2D eigenvalue weighted by Gasteiger charge is 2.59. The number of carbonyl (C=O) groups excluding carboxylic acids is 2. The molecule has 1 N–H and O–H groups in total. The molecule has 7 heteroatoms. The zero-order valence-corrected chi connectivity index (χ0v) is 12.9. The number of likely N-dealkylation sites (N-methyl/N-ethyl adjacent to an activating group) is 2. The highest BCUT2D eigenvalue weighted by atomic mass is 16.2. The van der Waals surface area contributed by atoms with Crippen molar-refractivity contribution in [3.05, 3.63) is 35.9 Å². The lowest BCUT2D eigenvalue weighted by Gasteiger charge is -2.42. The van der Waals surface area contributed by atoms with Crippen LogP contribution in [0.5, 0.6) is 0 Å². The Hall–Kier alpha value is -2.41. The van der Waals surface area contributed by atoms with Crippen molar-refractivity contribution in [3.8, 4) is 0 Å². The van der Waals surface area contributed by atoms with E-state index in [0.29, 0.717) is 18.8 Å². The molecule has 1 saturated heterocycles. The van der Waals surface area contributed by atoms with E-state index in [1.165, 1.54) is 9.91 Å². The van der Waals surface area contributed by atoms with Gasteiger partial charge < -0.3 is 4.90 Å². The molecule has 3 rings (SSSR count). The molecule has 0 saturated carbocycles. The first-order valence-electron chi connectivity index (χ1n) is 7.16. The number of amidine groups is 1. The summed E-state index contributed by atoms with van der Waals surface area (Å²) in [6, 6.07) is 9.54. The van der Waals surface area contributed by atoms with Gasteiger partial charge in [-0.15, -0.1) is 0 Å². The fraction of sp³-hybridized carbons (Fsp3) is 0.400. The molecule has 1 aromatic carbocycles. The molecule has 7 nitrogen and oxygen atoms in total. The van der Waals surface area contributed by atoms with Gasteiger partial charge in [0.05, 0.1) is 0 Å². The Morgan fingerprint density at radius 3 is 2.64 bits per heavy atom. The summed E-state index contributed by atoms with van der Waals surface area (Å²) in [5, 5.41) is 7.26. The first-order valence-corrected chi connectivity index (χ1v) is 7.16. The molecule has 116 valence electrons. The lowest BCUT2D eigenvalue weighted by atomic mass is 9.91. The molecule has 0 aromatic heterocycles. The third-order valence-electron chi connectivity index (χ3n) is 4.03. The van der Waals surface area contributed by atoms with Gasteiger partial charge in [0.2, 0.25) is 5.54 Å². The Labute approximate surface area is 129 Å². The molecule has 1 atom stereocenters. The van der Waals surface area contributed by atoms with E-state index in [-0.39, 0.29) is 11.8 Å². The number of hydrazone groups is 1. The topological polar surface area (TPSA) is 68.2 Å². The van der Waals surface area contributed by atoms with E-state index < -0.39 is 5.54 Å². The lowest BCUT2D eigenvalue weighted by Crippen LogP contribution is -2.69. The minimum atomic E-state index is -1.26. The number of fused-ring (bicyclic) bond motifs is 1. The van der Waals surface area contributed by atoms with Gasteiger partial charge in [-0.1, -0.05) is 30.3 Å². The standard InChI is InChI=1S/C15H19N5O2/c1-18(2)13(21)15-9-10-16-20(15)12(17-19(3)14(15)22)11-7-5-4-6-8-11/h4-8,16H,9-10H2,1-3H3. The first kappa shape index (κ1) is 14.5. The van der Waals surface area contributed by atoms with Gasteiger partial charge in [-0.3, -0.25) is 14.6 Å². The van der Waals surface area contributed by atoms with E-state index in [0.717, 1.165) is 5.56 Å². The molecular formula is C15H19N5O2. The molecule has 22 heavy (non-hydrogen) atoms. The van der Waals surface area contributed by atoms with Crippen LogP contribution in [0, 0.1) is 0 Å². The summed E-state index contributed by atoms with van der Waals surface area (Å²) in [6.45, 7) is 0.547. The molecular weight excluding hydrogens is 282 g/mol. The number of rotatable bonds is 2. The fourth-order valence-electron chi connectivity index (χ4n) is 2.99. The fourth-order valence-corrected chi connectivity index (χ4v) is 2.99. The summed E-state index contributed by atoms with van der Waals surface area (Å²) in [5.41, 5.74) is 2.74. The molecule has 1 fully saturated rings. The van der Waals surface area contributed by atoms with E-state index in [1.54, 1.807) is 26.2 Å². The maximum atomic E-state index is 12.8. The van der Waals surface area contributed by atoms with Crippen molar-refractivity contribution in [2.24, 2.45) is 5.10 Å². The first-order chi connectivity index (χ1) is 10.5. The predicted molar refractivity (Wildman–Crippen MR) is 81.6 cm³/mol. The molecule has 1 unspecified atom stereocenters. The van der Waals surface area contributed by atoms with Crippen LogP contribution in [0.1, 0.15) is 12.0 Å². The van der Waals surface area contributed by atoms with Crippen molar-refractivity contribution in [2.45, 2.75) is 12.0 Å². The number of nitrogens with zero attached hydrogens (tertiary/aromatic N) is 4. The van der Waals surface area contributed by atoms with Crippen LogP contribution in [-0.4, -0.2) is 65.8 Å².